The lowest BCUT2D eigenvalue weighted by atomic mass is 10.3. The lowest BCUT2D eigenvalue weighted by Gasteiger charge is -2.08. The summed E-state index contributed by atoms with van der Waals surface area (Å²) >= 11 is 13.0. The molecule has 22 heavy (non-hydrogen) atoms. The van der Waals surface area contributed by atoms with Crippen molar-refractivity contribution in [3.8, 4) is 0 Å². The molecule has 0 radical (unpaired) electrons. The highest BCUT2D eigenvalue weighted by molar-refractivity contribution is 7.92. The maximum Gasteiger partial charge on any atom is 0.231 e. The fourth-order valence-electron chi connectivity index (χ4n) is 1.56. The van der Waals surface area contributed by atoms with Crippen LogP contribution < -0.4 is 10.0 Å². The van der Waals surface area contributed by atoms with E-state index in [1.165, 1.54) is 0 Å². The number of hydrogen-bond acceptors (Lipinski definition) is 5. The molecular formula is C12H11Cl2N3O3S2. The zero-order valence-corrected chi connectivity index (χ0v) is 14.4. The maximum atomic E-state index is 12.0. The Morgan fingerprint density at radius 1 is 1.32 bits per heavy atom. The predicted octanol–water partition coefficient (Wildman–Crippen LogP) is 3.00. The van der Waals surface area contributed by atoms with E-state index in [0.717, 1.165) is 17.6 Å². The van der Waals surface area contributed by atoms with Gasteiger partial charge in [0.25, 0.3) is 0 Å². The van der Waals surface area contributed by atoms with E-state index in [0.29, 0.717) is 21.4 Å². The highest BCUT2D eigenvalue weighted by Crippen LogP contribution is 2.30. The molecule has 2 rings (SSSR count). The van der Waals surface area contributed by atoms with Crippen molar-refractivity contribution in [2.75, 3.05) is 16.3 Å². The van der Waals surface area contributed by atoms with Gasteiger partial charge >= 0.3 is 0 Å². The molecule has 0 atom stereocenters. The summed E-state index contributed by atoms with van der Waals surface area (Å²) in [5, 5.41) is 5.08. The molecule has 2 N–H and O–H groups in total. The van der Waals surface area contributed by atoms with Gasteiger partial charge in [0, 0.05) is 5.38 Å². The first-order valence-electron chi connectivity index (χ1n) is 5.90. The van der Waals surface area contributed by atoms with E-state index >= 15 is 0 Å². The quantitative estimate of drug-likeness (QED) is 0.835. The van der Waals surface area contributed by atoms with Crippen LogP contribution in [0.2, 0.25) is 10.0 Å². The monoisotopic (exact) mass is 379 g/mol. The van der Waals surface area contributed by atoms with Crippen LogP contribution in [0.5, 0.6) is 0 Å². The van der Waals surface area contributed by atoms with E-state index in [2.05, 4.69) is 15.0 Å². The van der Waals surface area contributed by atoms with E-state index in [1.807, 2.05) is 0 Å². The van der Waals surface area contributed by atoms with Gasteiger partial charge in [-0.1, -0.05) is 29.3 Å². The molecule has 6 nitrogen and oxygen atoms in total. The standard InChI is InChI=1S/C12H11Cl2N3O3S2/c1-22(19,20)17-12-15-7(6-21-12)5-10(18)16-11-8(13)3-2-4-9(11)14/h2-4,6H,5H2,1H3,(H,15,17)(H,16,18). The van der Waals surface area contributed by atoms with E-state index in [4.69, 9.17) is 23.2 Å². The molecule has 118 valence electrons. The molecule has 2 aromatic rings. The number of para-hydroxylation sites is 1. The molecule has 1 aromatic carbocycles. The third-order valence-electron chi connectivity index (χ3n) is 2.39. The van der Waals surface area contributed by atoms with Gasteiger partial charge in [-0.2, -0.15) is 0 Å². The van der Waals surface area contributed by atoms with E-state index in [1.54, 1.807) is 23.6 Å². The fraction of sp³-hybridized carbons (Fsp3) is 0.167. The summed E-state index contributed by atoms with van der Waals surface area (Å²) < 4.78 is 24.4. The molecule has 0 saturated carbocycles. The highest BCUT2D eigenvalue weighted by atomic mass is 35.5. The molecule has 1 heterocycles. The zero-order valence-electron chi connectivity index (χ0n) is 11.3. The van der Waals surface area contributed by atoms with Gasteiger partial charge in [0.05, 0.1) is 34.1 Å². The fourth-order valence-corrected chi connectivity index (χ4v) is 3.61. The first-order chi connectivity index (χ1) is 10.2. The number of amides is 1. The highest BCUT2D eigenvalue weighted by Gasteiger charge is 2.13. The number of hydrogen-bond donors (Lipinski definition) is 2. The molecule has 0 fully saturated rings. The number of benzene rings is 1. The van der Waals surface area contributed by atoms with Crippen LogP contribution in [0.3, 0.4) is 0 Å². The summed E-state index contributed by atoms with van der Waals surface area (Å²) in [6.07, 6.45) is 1.00. The van der Waals surface area contributed by atoms with Gasteiger partial charge in [0.2, 0.25) is 15.9 Å². The second-order valence-corrected chi connectivity index (χ2v) is 7.76. The number of carbonyl (C=O) groups excluding carboxylic acids is 1. The minimum atomic E-state index is -3.39. The van der Waals surface area contributed by atoms with Crippen molar-refractivity contribution in [1.29, 1.82) is 0 Å². The summed E-state index contributed by atoms with van der Waals surface area (Å²) in [7, 11) is -3.39. The molecule has 0 spiro atoms. The summed E-state index contributed by atoms with van der Waals surface area (Å²) in [4.78, 5) is 16.0. The molecule has 0 aliphatic carbocycles. The van der Waals surface area contributed by atoms with Gasteiger partial charge in [0.1, 0.15) is 0 Å². The van der Waals surface area contributed by atoms with Crippen molar-refractivity contribution < 1.29 is 13.2 Å². The number of aromatic nitrogens is 1. The number of sulfonamides is 1. The van der Waals surface area contributed by atoms with Crippen LogP contribution in [0, 0.1) is 0 Å². The van der Waals surface area contributed by atoms with E-state index < -0.39 is 10.0 Å². The van der Waals surface area contributed by atoms with Crippen molar-refractivity contribution in [2.24, 2.45) is 0 Å². The number of thiazole rings is 1. The molecular weight excluding hydrogens is 369 g/mol. The molecule has 0 saturated heterocycles. The number of carbonyl (C=O) groups is 1. The third-order valence-corrected chi connectivity index (χ3v) is 4.52. The van der Waals surface area contributed by atoms with Crippen LogP contribution in [0.15, 0.2) is 23.6 Å². The summed E-state index contributed by atoms with van der Waals surface area (Å²) in [5.41, 5.74) is 0.775. The Morgan fingerprint density at radius 2 is 1.95 bits per heavy atom. The molecule has 1 amide bonds. The number of rotatable bonds is 5. The molecule has 0 bridgehead atoms. The number of anilines is 2. The second-order valence-electron chi connectivity index (χ2n) is 4.34. The average molecular weight is 380 g/mol. The van der Waals surface area contributed by atoms with Gasteiger partial charge in [-0.15, -0.1) is 11.3 Å². The van der Waals surface area contributed by atoms with Gasteiger partial charge in [-0.3, -0.25) is 9.52 Å². The van der Waals surface area contributed by atoms with E-state index in [9.17, 15) is 13.2 Å². The van der Waals surface area contributed by atoms with Gasteiger partial charge in [-0.05, 0) is 12.1 Å². The third kappa shape index (κ3) is 4.84. The molecule has 0 aliphatic rings. The Balaban J connectivity index is 2.04. The second kappa shape index (κ2) is 6.82. The lowest BCUT2D eigenvalue weighted by molar-refractivity contribution is -0.115. The van der Waals surface area contributed by atoms with Crippen molar-refractivity contribution in [1.82, 2.24) is 4.98 Å². The molecule has 0 aliphatic heterocycles. The van der Waals surface area contributed by atoms with E-state index in [-0.39, 0.29) is 17.5 Å². The largest absolute Gasteiger partial charge is 0.323 e. The Bertz CT molecular complexity index is 785. The summed E-state index contributed by atoms with van der Waals surface area (Å²) in [6.45, 7) is 0. The van der Waals surface area contributed by atoms with Crippen molar-refractivity contribution in [3.05, 3.63) is 39.3 Å². The first-order valence-corrected chi connectivity index (χ1v) is 9.43. The Labute approximate surface area is 141 Å². The number of halogens is 2. The first kappa shape index (κ1) is 17.0. The lowest BCUT2D eigenvalue weighted by Crippen LogP contribution is -2.15. The normalized spacial score (nSPS) is 11.2. The Hall–Kier alpha value is -1.35. The zero-order chi connectivity index (χ0) is 16.3. The topological polar surface area (TPSA) is 88.2 Å². The van der Waals surface area contributed by atoms with Crippen molar-refractivity contribution in [2.45, 2.75) is 6.42 Å². The van der Waals surface area contributed by atoms with Crippen molar-refractivity contribution in [3.63, 3.8) is 0 Å². The van der Waals surface area contributed by atoms with Crippen LogP contribution in [0.4, 0.5) is 10.8 Å². The predicted molar refractivity (Wildman–Crippen MR) is 89.4 cm³/mol. The molecule has 1 aromatic heterocycles. The van der Waals surface area contributed by atoms with Crippen LogP contribution in [0.25, 0.3) is 0 Å². The smallest absolute Gasteiger partial charge is 0.231 e. The SMILES string of the molecule is CS(=O)(=O)Nc1nc(CC(=O)Nc2c(Cl)cccc2Cl)cs1. The van der Waals surface area contributed by atoms with Gasteiger partial charge < -0.3 is 5.32 Å². The van der Waals surface area contributed by atoms with Gasteiger partial charge in [0.15, 0.2) is 5.13 Å². The Kier molecular flexibility index (Phi) is 5.28. The Morgan fingerprint density at radius 3 is 2.55 bits per heavy atom. The summed E-state index contributed by atoms with van der Waals surface area (Å²) in [5.74, 6) is -0.355. The average Bonchev–Trinajstić information content (AvgIpc) is 2.79. The summed E-state index contributed by atoms with van der Waals surface area (Å²) in [6, 6.07) is 4.89. The number of nitrogens with zero attached hydrogens (tertiary/aromatic N) is 1. The van der Waals surface area contributed by atoms with Gasteiger partial charge in [-0.25, -0.2) is 13.4 Å². The van der Waals surface area contributed by atoms with Crippen LogP contribution in [-0.4, -0.2) is 25.6 Å². The minimum Gasteiger partial charge on any atom is -0.323 e. The van der Waals surface area contributed by atoms with Crippen LogP contribution >= 0.6 is 34.5 Å². The van der Waals surface area contributed by atoms with Crippen LogP contribution in [-0.2, 0) is 21.2 Å². The van der Waals surface area contributed by atoms with Crippen molar-refractivity contribution >= 4 is 61.3 Å². The minimum absolute atomic E-state index is 0.0243. The molecule has 0 unspecified atom stereocenters. The van der Waals surface area contributed by atoms with Crippen LogP contribution in [0.1, 0.15) is 5.69 Å². The number of nitrogens with one attached hydrogen (secondary N) is 2. The maximum absolute atomic E-state index is 12.0. The molecule has 10 heteroatoms.